The molecule has 0 aliphatic heterocycles. The molecule has 5 nitrogen and oxygen atoms in total. The average Bonchev–Trinajstić information content (AvgIpc) is 2.80. The van der Waals surface area contributed by atoms with E-state index in [0.29, 0.717) is 22.3 Å². The van der Waals surface area contributed by atoms with Gasteiger partial charge in [-0.3, -0.25) is 9.68 Å². The molecule has 22 heavy (non-hydrogen) atoms. The van der Waals surface area contributed by atoms with Crippen LogP contribution in [-0.4, -0.2) is 22.1 Å². The normalized spacial score (nSPS) is 18.4. The van der Waals surface area contributed by atoms with E-state index in [1.54, 1.807) is 42.5 Å². The summed E-state index contributed by atoms with van der Waals surface area (Å²) >= 11 is 0. The summed E-state index contributed by atoms with van der Waals surface area (Å²) in [6.07, 6.45) is 0.631. The largest absolute Gasteiger partial charge is 0.383 e. The molecular weight excluding hydrogens is 284 g/mol. The van der Waals surface area contributed by atoms with Crippen molar-refractivity contribution >= 4 is 17.8 Å². The molecule has 0 spiro atoms. The Balaban J connectivity index is 1.93. The van der Waals surface area contributed by atoms with Gasteiger partial charge in [-0.25, -0.2) is 4.79 Å². The first-order valence-corrected chi connectivity index (χ1v) is 6.61. The van der Waals surface area contributed by atoms with Crippen molar-refractivity contribution in [2.24, 2.45) is 0 Å². The molecule has 0 aromatic heterocycles. The second kappa shape index (κ2) is 5.55. The zero-order valence-electron chi connectivity index (χ0n) is 11.4. The van der Waals surface area contributed by atoms with Crippen LogP contribution in [-0.2, 0) is 4.89 Å². The lowest BCUT2D eigenvalue weighted by molar-refractivity contribution is -0.182. The van der Waals surface area contributed by atoms with Crippen LogP contribution in [0.4, 0.5) is 0 Å². The van der Waals surface area contributed by atoms with Crippen LogP contribution in [0.1, 0.15) is 37.9 Å². The number of ketones is 1. The van der Waals surface area contributed by atoms with E-state index in [4.69, 9.17) is 5.26 Å². The highest BCUT2D eigenvalue weighted by molar-refractivity contribution is 6.16. The van der Waals surface area contributed by atoms with Crippen molar-refractivity contribution in [3.8, 4) is 0 Å². The van der Waals surface area contributed by atoms with E-state index in [1.165, 1.54) is 12.1 Å². The molecule has 2 aromatic rings. The van der Waals surface area contributed by atoms with Gasteiger partial charge in [0.15, 0.2) is 5.78 Å². The van der Waals surface area contributed by atoms with Crippen LogP contribution in [0.15, 0.2) is 54.1 Å². The van der Waals surface area contributed by atoms with Crippen LogP contribution < -0.4 is 0 Å². The molecule has 1 atom stereocenters. The zero-order chi connectivity index (χ0) is 15.7. The summed E-state index contributed by atoms with van der Waals surface area (Å²) in [6.45, 7) is 0. The van der Waals surface area contributed by atoms with Gasteiger partial charge in [0.2, 0.25) is 0 Å². The number of hydrogen-bond acceptors (Lipinski definition) is 5. The minimum atomic E-state index is -0.953. The Bertz CT molecular complexity index is 774. The fraction of sp³-hybridized carbons (Fsp3) is 0.0588. The number of Topliss-reactive ketones (excluding diaryl/α,β-unsaturated/α-hetero) is 1. The maximum atomic E-state index is 12.3. The summed E-state index contributed by atoms with van der Waals surface area (Å²) in [6, 6.07) is 13.1. The van der Waals surface area contributed by atoms with E-state index in [2.05, 4.69) is 4.89 Å². The van der Waals surface area contributed by atoms with Crippen molar-refractivity contribution in [1.29, 1.82) is 0 Å². The number of aliphatic hydroxyl groups excluding tert-OH is 1. The molecule has 0 saturated carbocycles. The number of benzene rings is 2. The molecule has 2 N–H and O–H groups in total. The fourth-order valence-corrected chi connectivity index (χ4v) is 2.48. The van der Waals surface area contributed by atoms with E-state index >= 15 is 0 Å². The smallest absolute Gasteiger partial charge is 0.372 e. The van der Waals surface area contributed by atoms with Gasteiger partial charge < -0.3 is 5.11 Å². The van der Waals surface area contributed by atoms with Crippen molar-refractivity contribution < 1.29 is 24.8 Å². The molecule has 0 saturated heterocycles. The summed E-state index contributed by atoms with van der Waals surface area (Å²) in [4.78, 5) is 27.1. The van der Waals surface area contributed by atoms with E-state index in [-0.39, 0.29) is 11.3 Å². The maximum absolute atomic E-state index is 12.3. The molecule has 5 heteroatoms. The van der Waals surface area contributed by atoms with Crippen LogP contribution in [0.2, 0.25) is 0 Å². The number of carbonyl (C=O) groups excluding carboxylic acids is 2. The predicted octanol–water partition coefficient (Wildman–Crippen LogP) is 2.63. The fourth-order valence-electron chi connectivity index (χ4n) is 2.48. The Morgan fingerprint density at radius 3 is 2.41 bits per heavy atom. The third kappa shape index (κ3) is 2.32. The van der Waals surface area contributed by atoms with Gasteiger partial charge in [0, 0.05) is 11.1 Å². The highest BCUT2D eigenvalue weighted by Crippen LogP contribution is 2.36. The minimum Gasteiger partial charge on any atom is -0.383 e. The molecule has 1 aliphatic rings. The SMILES string of the molecule is O=C(OO)c1ccc(/C=C2/C(=O)c3ccccc3C2O)cc1. The number of carbonyl (C=O) groups is 2. The standard InChI is InChI=1S/C17H12O5/c18-15-12-3-1-2-4-13(12)16(19)14(15)9-10-5-7-11(8-6-10)17(20)22-21/h1-9,15,18,21H/b14-9+. The van der Waals surface area contributed by atoms with E-state index < -0.39 is 12.1 Å². The third-order valence-corrected chi connectivity index (χ3v) is 3.61. The molecule has 0 bridgehead atoms. The second-order valence-corrected chi connectivity index (χ2v) is 4.92. The highest BCUT2D eigenvalue weighted by atomic mass is 17.1. The molecule has 1 unspecified atom stereocenters. The Morgan fingerprint density at radius 2 is 1.77 bits per heavy atom. The van der Waals surface area contributed by atoms with E-state index in [1.807, 2.05) is 0 Å². The van der Waals surface area contributed by atoms with Crippen molar-refractivity contribution in [3.63, 3.8) is 0 Å². The monoisotopic (exact) mass is 296 g/mol. The van der Waals surface area contributed by atoms with Gasteiger partial charge in [0.05, 0.1) is 5.56 Å². The second-order valence-electron chi connectivity index (χ2n) is 4.92. The molecule has 110 valence electrons. The maximum Gasteiger partial charge on any atom is 0.372 e. The number of rotatable bonds is 2. The van der Waals surface area contributed by atoms with Crippen LogP contribution >= 0.6 is 0 Å². The summed E-state index contributed by atoms with van der Waals surface area (Å²) < 4.78 is 0. The van der Waals surface area contributed by atoms with Gasteiger partial charge in [-0.2, -0.15) is 5.26 Å². The van der Waals surface area contributed by atoms with Gasteiger partial charge >= 0.3 is 5.97 Å². The lowest BCUT2D eigenvalue weighted by Crippen LogP contribution is -2.01. The van der Waals surface area contributed by atoms with Crippen LogP contribution in [0.25, 0.3) is 6.08 Å². The predicted molar refractivity (Wildman–Crippen MR) is 78.2 cm³/mol. The molecule has 0 radical (unpaired) electrons. The van der Waals surface area contributed by atoms with Gasteiger partial charge in [-0.05, 0) is 29.3 Å². The van der Waals surface area contributed by atoms with E-state index in [0.717, 1.165) is 0 Å². The Hall–Kier alpha value is -2.76. The average molecular weight is 296 g/mol. The van der Waals surface area contributed by atoms with Crippen LogP contribution in [0.5, 0.6) is 0 Å². The summed E-state index contributed by atoms with van der Waals surface area (Å²) in [5.41, 5.74) is 2.23. The topological polar surface area (TPSA) is 83.8 Å². The molecule has 0 fully saturated rings. The Kier molecular flexibility index (Phi) is 3.58. The molecule has 3 rings (SSSR count). The quantitative estimate of drug-likeness (QED) is 0.505. The van der Waals surface area contributed by atoms with Gasteiger partial charge in [-0.15, -0.1) is 0 Å². The van der Waals surface area contributed by atoms with Crippen molar-refractivity contribution in [3.05, 3.63) is 76.4 Å². The highest BCUT2D eigenvalue weighted by Gasteiger charge is 2.32. The van der Waals surface area contributed by atoms with Crippen LogP contribution in [0, 0.1) is 0 Å². The molecular formula is C17H12O5. The molecule has 2 aromatic carbocycles. The summed E-state index contributed by atoms with van der Waals surface area (Å²) in [5, 5.41) is 18.6. The first kappa shape index (κ1) is 14.2. The number of fused-ring (bicyclic) bond motifs is 1. The lowest BCUT2D eigenvalue weighted by atomic mass is 10.0. The molecule has 1 aliphatic carbocycles. The number of hydrogen-bond donors (Lipinski definition) is 2. The third-order valence-electron chi connectivity index (χ3n) is 3.61. The Morgan fingerprint density at radius 1 is 1.09 bits per heavy atom. The van der Waals surface area contributed by atoms with Crippen LogP contribution in [0.3, 0.4) is 0 Å². The van der Waals surface area contributed by atoms with E-state index in [9.17, 15) is 14.7 Å². The summed E-state index contributed by atoms with van der Waals surface area (Å²) in [7, 11) is 0. The minimum absolute atomic E-state index is 0.186. The molecule has 0 heterocycles. The molecule has 0 amide bonds. The van der Waals surface area contributed by atoms with Crippen molar-refractivity contribution in [2.75, 3.05) is 0 Å². The zero-order valence-corrected chi connectivity index (χ0v) is 11.4. The van der Waals surface area contributed by atoms with Gasteiger partial charge in [-0.1, -0.05) is 36.4 Å². The number of aliphatic hydroxyl groups is 1. The van der Waals surface area contributed by atoms with Crippen molar-refractivity contribution in [2.45, 2.75) is 6.10 Å². The lowest BCUT2D eigenvalue weighted by Gasteiger charge is -2.04. The first-order valence-electron chi connectivity index (χ1n) is 6.61. The summed E-state index contributed by atoms with van der Waals surface area (Å²) in [5.74, 6) is -1.06. The van der Waals surface area contributed by atoms with Crippen molar-refractivity contribution in [1.82, 2.24) is 0 Å². The van der Waals surface area contributed by atoms with Gasteiger partial charge in [0.25, 0.3) is 0 Å². The Labute approximate surface area is 126 Å². The van der Waals surface area contributed by atoms with Gasteiger partial charge in [0.1, 0.15) is 6.10 Å². The first-order chi connectivity index (χ1) is 10.6.